The van der Waals surface area contributed by atoms with Crippen molar-refractivity contribution in [1.82, 2.24) is 19.7 Å². The van der Waals surface area contributed by atoms with E-state index in [1.165, 1.54) is 5.56 Å². The van der Waals surface area contributed by atoms with Crippen molar-refractivity contribution in [1.29, 1.82) is 0 Å². The molecule has 1 saturated carbocycles. The second-order valence-corrected chi connectivity index (χ2v) is 6.93. The first-order valence-corrected chi connectivity index (χ1v) is 8.99. The van der Waals surface area contributed by atoms with Gasteiger partial charge in [0.05, 0.1) is 0 Å². The minimum absolute atomic E-state index is 0.197. The lowest BCUT2D eigenvalue weighted by molar-refractivity contribution is -0.133. The maximum absolute atomic E-state index is 12.8. The Kier molecular flexibility index (Phi) is 4.08. The molecule has 5 heteroatoms. The fourth-order valence-corrected chi connectivity index (χ4v) is 3.95. The SMILES string of the molecule is CCn1cnnc1C1CCN(C(=O)[C@H]2C[C@H]2c2ccccc2)CC1. The zero-order chi connectivity index (χ0) is 16.5. The zero-order valence-electron chi connectivity index (χ0n) is 14.1. The summed E-state index contributed by atoms with van der Waals surface area (Å²) in [7, 11) is 0. The molecule has 24 heavy (non-hydrogen) atoms. The van der Waals surface area contributed by atoms with E-state index in [1.807, 2.05) is 12.4 Å². The van der Waals surface area contributed by atoms with Gasteiger partial charge in [0.15, 0.2) is 0 Å². The molecule has 0 unspecified atom stereocenters. The lowest BCUT2D eigenvalue weighted by Gasteiger charge is -2.32. The highest BCUT2D eigenvalue weighted by Crippen LogP contribution is 2.48. The minimum atomic E-state index is 0.197. The van der Waals surface area contributed by atoms with Gasteiger partial charge in [-0.3, -0.25) is 4.79 Å². The minimum Gasteiger partial charge on any atom is -0.342 e. The number of aromatic nitrogens is 3. The molecule has 2 atom stereocenters. The molecule has 1 aliphatic carbocycles. The van der Waals surface area contributed by atoms with E-state index < -0.39 is 0 Å². The molecule has 126 valence electrons. The van der Waals surface area contributed by atoms with E-state index in [0.717, 1.165) is 44.7 Å². The van der Waals surface area contributed by atoms with Gasteiger partial charge < -0.3 is 9.47 Å². The van der Waals surface area contributed by atoms with Crippen LogP contribution in [0.25, 0.3) is 0 Å². The Labute approximate surface area is 142 Å². The number of rotatable bonds is 4. The summed E-state index contributed by atoms with van der Waals surface area (Å²) in [5, 5.41) is 8.33. The molecule has 0 spiro atoms. The summed E-state index contributed by atoms with van der Waals surface area (Å²) in [6.07, 6.45) is 4.80. The fraction of sp³-hybridized carbons (Fsp3) is 0.526. The molecule has 1 saturated heterocycles. The number of piperidine rings is 1. The van der Waals surface area contributed by atoms with Gasteiger partial charge in [-0.1, -0.05) is 30.3 Å². The van der Waals surface area contributed by atoms with Gasteiger partial charge in [0, 0.05) is 31.5 Å². The van der Waals surface area contributed by atoms with Crippen LogP contribution in [0.4, 0.5) is 0 Å². The summed E-state index contributed by atoms with van der Waals surface area (Å²) in [5.74, 6) is 2.49. The quantitative estimate of drug-likeness (QED) is 0.869. The van der Waals surface area contributed by atoms with Gasteiger partial charge in [0.25, 0.3) is 0 Å². The lowest BCUT2D eigenvalue weighted by atomic mass is 9.95. The summed E-state index contributed by atoms with van der Waals surface area (Å²) in [4.78, 5) is 14.8. The summed E-state index contributed by atoms with van der Waals surface area (Å²) in [6, 6.07) is 10.4. The average molecular weight is 324 g/mol. The number of benzene rings is 1. The van der Waals surface area contributed by atoms with Crippen LogP contribution in [0, 0.1) is 5.92 Å². The van der Waals surface area contributed by atoms with Gasteiger partial charge in [-0.2, -0.15) is 0 Å². The highest BCUT2D eigenvalue weighted by atomic mass is 16.2. The van der Waals surface area contributed by atoms with E-state index >= 15 is 0 Å². The van der Waals surface area contributed by atoms with Crippen LogP contribution in [0.15, 0.2) is 36.7 Å². The monoisotopic (exact) mass is 324 g/mol. The Morgan fingerprint density at radius 2 is 1.96 bits per heavy atom. The van der Waals surface area contributed by atoms with Gasteiger partial charge in [-0.15, -0.1) is 10.2 Å². The lowest BCUT2D eigenvalue weighted by Crippen LogP contribution is -2.39. The van der Waals surface area contributed by atoms with Crippen LogP contribution in [-0.2, 0) is 11.3 Å². The second kappa shape index (κ2) is 6.38. The third-order valence-corrected chi connectivity index (χ3v) is 5.49. The van der Waals surface area contributed by atoms with Crippen molar-refractivity contribution < 1.29 is 4.79 Å². The van der Waals surface area contributed by atoms with Crippen molar-refractivity contribution in [3.05, 3.63) is 48.0 Å². The van der Waals surface area contributed by atoms with Crippen LogP contribution in [0.3, 0.4) is 0 Å². The molecule has 2 fully saturated rings. The number of hydrogen-bond donors (Lipinski definition) is 0. The van der Waals surface area contributed by atoms with E-state index in [0.29, 0.717) is 17.7 Å². The molecular formula is C19H24N4O. The maximum Gasteiger partial charge on any atom is 0.226 e. The topological polar surface area (TPSA) is 51.0 Å². The van der Waals surface area contributed by atoms with Crippen molar-refractivity contribution in [3.8, 4) is 0 Å². The molecule has 1 aromatic carbocycles. The van der Waals surface area contributed by atoms with Crippen molar-refractivity contribution in [3.63, 3.8) is 0 Å². The first kappa shape index (κ1) is 15.4. The molecule has 0 N–H and O–H groups in total. The Morgan fingerprint density at radius 3 is 2.67 bits per heavy atom. The third kappa shape index (κ3) is 2.83. The molecule has 5 nitrogen and oxygen atoms in total. The van der Waals surface area contributed by atoms with Gasteiger partial charge in [0.2, 0.25) is 5.91 Å². The standard InChI is InChI=1S/C19H24N4O/c1-2-22-13-20-21-18(22)15-8-10-23(11-9-15)19(24)17-12-16(17)14-6-4-3-5-7-14/h3-7,13,15-17H,2,8-12H2,1H3/t16-,17-/m0/s1. The first-order valence-electron chi connectivity index (χ1n) is 8.99. The Morgan fingerprint density at radius 1 is 1.21 bits per heavy atom. The van der Waals surface area contributed by atoms with Gasteiger partial charge in [-0.25, -0.2) is 0 Å². The van der Waals surface area contributed by atoms with Gasteiger partial charge >= 0.3 is 0 Å². The molecule has 2 heterocycles. The van der Waals surface area contributed by atoms with Crippen LogP contribution in [0.5, 0.6) is 0 Å². The molecule has 1 aliphatic heterocycles. The van der Waals surface area contributed by atoms with E-state index in [9.17, 15) is 4.79 Å². The molecule has 1 aromatic heterocycles. The van der Waals surface area contributed by atoms with Crippen molar-refractivity contribution in [2.45, 2.75) is 44.6 Å². The second-order valence-electron chi connectivity index (χ2n) is 6.93. The van der Waals surface area contributed by atoms with E-state index in [2.05, 4.69) is 50.9 Å². The van der Waals surface area contributed by atoms with E-state index in [4.69, 9.17) is 0 Å². The number of hydrogen-bond acceptors (Lipinski definition) is 3. The number of likely N-dealkylation sites (tertiary alicyclic amines) is 1. The molecular weight excluding hydrogens is 300 g/mol. The average Bonchev–Trinajstić information content (AvgIpc) is 3.31. The summed E-state index contributed by atoms with van der Waals surface area (Å²) in [6.45, 7) is 4.71. The fourth-order valence-electron chi connectivity index (χ4n) is 3.95. The molecule has 0 radical (unpaired) electrons. The van der Waals surface area contributed by atoms with Crippen molar-refractivity contribution >= 4 is 5.91 Å². The Hall–Kier alpha value is -2.17. The Balaban J connectivity index is 1.34. The summed E-state index contributed by atoms with van der Waals surface area (Å²) in [5.41, 5.74) is 1.31. The van der Waals surface area contributed by atoms with Crippen LogP contribution in [-0.4, -0.2) is 38.7 Å². The van der Waals surface area contributed by atoms with Crippen molar-refractivity contribution in [2.75, 3.05) is 13.1 Å². The molecule has 2 aromatic rings. The molecule has 1 amide bonds. The van der Waals surface area contributed by atoms with Crippen molar-refractivity contribution in [2.24, 2.45) is 5.92 Å². The van der Waals surface area contributed by atoms with E-state index in [1.54, 1.807) is 0 Å². The maximum atomic E-state index is 12.8. The zero-order valence-corrected chi connectivity index (χ0v) is 14.1. The third-order valence-electron chi connectivity index (χ3n) is 5.49. The summed E-state index contributed by atoms with van der Waals surface area (Å²) >= 11 is 0. The predicted octanol–water partition coefficient (Wildman–Crippen LogP) is 2.81. The number of aryl methyl sites for hydroxylation is 1. The highest BCUT2D eigenvalue weighted by Gasteiger charge is 2.46. The number of carbonyl (C=O) groups excluding carboxylic acids is 1. The largest absolute Gasteiger partial charge is 0.342 e. The first-order chi connectivity index (χ1) is 11.8. The van der Waals surface area contributed by atoms with Crippen LogP contribution >= 0.6 is 0 Å². The molecule has 4 rings (SSSR count). The smallest absolute Gasteiger partial charge is 0.226 e. The summed E-state index contributed by atoms with van der Waals surface area (Å²) < 4.78 is 2.12. The number of nitrogens with zero attached hydrogens (tertiary/aromatic N) is 4. The normalized spacial score (nSPS) is 24.1. The predicted molar refractivity (Wildman–Crippen MR) is 91.5 cm³/mol. The van der Waals surface area contributed by atoms with Gasteiger partial charge in [-0.05, 0) is 37.7 Å². The number of amides is 1. The van der Waals surface area contributed by atoms with Crippen LogP contribution in [0.1, 0.15) is 49.4 Å². The van der Waals surface area contributed by atoms with Gasteiger partial charge in [0.1, 0.15) is 12.2 Å². The molecule has 0 bridgehead atoms. The molecule has 2 aliphatic rings. The van der Waals surface area contributed by atoms with Crippen LogP contribution in [0.2, 0.25) is 0 Å². The van der Waals surface area contributed by atoms with Crippen LogP contribution < -0.4 is 0 Å². The number of carbonyl (C=O) groups is 1. The van der Waals surface area contributed by atoms with E-state index in [-0.39, 0.29) is 5.92 Å². The Bertz CT molecular complexity index is 703. The highest BCUT2D eigenvalue weighted by molar-refractivity contribution is 5.83.